The van der Waals surface area contributed by atoms with E-state index in [0.717, 1.165) is 89.9 Å². The van der Waals surface area contributed by atoms with E-state index in [-0.39, 0.29) is 5.97 Å². The lowest BCUT2D eigenvalue weighted by atomic mass is 10.0. The predicted octanol–water partition coefficient (Wildman–Crippen LogP) is 11.8. The van der Waals surface area contributed by atoms with Gasteiger partial charge in [-0.3, -0.25) is 4.79 Å². The molecule has 0 spiro atoms. The predicted molar refractivity (Wildman–Crippen MR) is 181 cm³/mol. The summed E-state index contributed by atoms with van der Waals surface area (Å²) in [5.41, 5.74) is 0. The molecular weight excluding hydrogens is 520 g/mol. The van der Waals surface area contributed by atoms with E-state index >= 15 is 0 Å². The Morgan fingerprint density at radius 2 is 0.976 bits per heavy atom. The highest BCUT2D eigenvalue weighted by Crippen LogP contribution is 2.14. The summed E-state index contributed by atoms with van der Waals surface area (Å²) in [6.07, 6.45) is 45.3. The number of rotatable bonds is 30. The quantitative estimate of drug-likeness (QED) is 0.0518. The van der Waals surface area contributed by atoms with Gasteiger partial charge in [0.1, 0.15) is 0 Å². The average Bonchev–Trinajstić information content (AvgIpc) is 2.98. The number of carbonyl (C=O) groups excluding carboxylic acids is 1. The SMILES string of the molecule is CC/C=C\C/C=C\C/C=C\C/C=C\C/C=C\CCCCCCCC(=O)OC(CCCCCCCCCCCC)C(=O)O. The summed E-state index contributed by atoms with van der Waals surface area (Å²) in [6, 6.07) is 0. The molecule has 0 saturated heterocycles. The number of hydrogen-bond donors (Lipinski definition) is 1. The first-order chi connectivity index (χ1) is 20.6. The smallest absolute Gasteiger partial charge is 0.345 e. The fraction of sp³-hybridized carbons (Fsp3) is 0.684. The molecule has 0 amide bonds. The number of carbonyl (C=O) groups is 2. The van der Waals surface area contributed by atoms with E-state index in [2.05, 4.69) is 74.6 Å². The van der Waals surface area contributed by atoms with E-state index in [0.29, 0.717) is 12.8 Å². The molecule has 0 aliphatic rings. The van der Waals surface area contributed by atoms with Gasteiger partial charge >= 0.3 is 11.9 Å². The van der Waals surface area contributed by atoms with Crippen molar-refractivity contribution >= 4 is 11.9 Å². The fourth-order valence-electron chi connectivity index (χ4n) is 4.70. The summed E-state index contributed by atoms with van der Waals surface area (Å²) in [5.74, 6) is -1.39. The summed E-state index contributed by atoms with van der Waals surface area (Å²) in [6.45, 7) is 4.39. The second kappa shape index (κ2) is 33.1. The molecule has 0 radical (unpaired) electrons. The van der Waals surface area contributed by atoms with Crippen molar-refractivity contribution in [2.24, 2.45) is 0 Å². The average molecular weight is 585 g/mol. The van der Waals surface area contributed by atoms with E-state index in [1.807, 2.05) is 0 Å². The third-order valence-electron chi connectivity index (χ3n) is 7.28. The van der Waals surface area contributed by atoms with Crippen LogP contribution < -0.4 is 0 Å². The van der Waals surface area contributed by atoms with Crippen LogP contribution in [0.2, 0.25) is 0 Å². The minimum atomic E-state index is -1.02. The first kappa shape index (κ1) is 39.6. The van der Waals surface area contributed by atoms with Gasteiger partial charge < -0.3 is 9.84 Å². The van der Waals surface area contributed by atoms with Crippen molar-refractivity contribution in [1.82, 2.24) is 0 Å². The maximum absolute atomic E-state index is 12.1. The Morgan fingerprint density at radius 3 is 1.48 bits per heavy atom. The third-order valence-corrected chi connectivity index (χ3v) is 7.28. The lowest BCUT2D eigenvalue weighted by Gasteiger charge is -2.13. The van der Waals surface area contributed by atoms with Crippen LogP contribution in [0.5, 0.6) is 0 Å². The number of hydrogen-bond acceptors (Lipinski definition) is 3. The van der Waals surface area contributed by atoms with Crippen LogP contribution in [0.1, 0.15) is 162 Å². The number of esters is 1. The molecule has 0 aromatic rings. The highest BCUT2D eigenvalue weighted by atomic mass is 16.6. The van der Waals surface area contributed by atoms with E-state index in [1.54, 1.807) is 0 Å². The second-order valence-electron chi connectivity index (χ2n) is 11.3. The molecule has 0 aliphatic carbocycles. The first-order valence-corrected chi connectivity index (χ1v) is 17.3. The summed E-state index contributed by atoms with van der Waals surface area (Å²) in [5, 5.41) is 9.42. The zero-order valence-corrected chi connectivity index (χ0v) is 27.3. The maximum Gasteiger partial charge on any atom is 0.345 e. The molecule has 4 nitrogen and oxygen atoms in total. The molecule has 0 fully saturated rings. The molecule has 0 aliphatic heterocycles. The Hall–Kier alpha value is -2.36. The number of carboxylic acid groups (broad SMARTS) is 1. The zero-order valence-electron chi connectivity index (χ0n) is 27.3. The molecular formula is C38H64O4. The highest BCUT2D eigenvalue weighted by Gasteiger charge is 2.21. The van der Waals surface area contributed by atoms with Crippen LogP contribution in [0, 0.1) is 0 Å². The van der Waals surface area contributed by atoms with Crippen LogP contribution in [-0.4, -0.2) is 23.1 Å². The Labute approximate surface area is 259 Å². The largest absolute Gasteiger partial charge is 0.479 e. The van der Waals surface area contributed by atoms with Gasteiger partial charge in [0.2, 0.25) is 0 Å². The molecule has 0 heterocycles. The molecule has 1 N–H and O–H groups in total. The molecule has 0 rings (SSSR count). The Balaban J connectivity index is 3.66. The van der Waals surface area contributed by atoms with E-state index in [9.17, 15) is 14.7 Å². The van der Waals surface area contributed by atoms with Gasteiger partial charge in [0, 0.05) is 6.42 Å². The molecule has 0 bridgehead atoms. The normalized spacial score (nSPS) is 13.0. The van der Waals surface area contributed by atoms with Crippen molar-refractivity contribution < 1.29 is 19.4 Å². The van der Waals surface area contributed by atoms with Gasteiger partial charge in [-0.1, -0.05) is 152 Å². The van der Waals surface area contributed by atoms with E-state index in [4.69, 9.17) is 4.74 Å². The van der Waals surface area contributed by atoms with Crippen LogP contribution >= 0.6 is 0 Å². The molecule has 0 saturated carbocycles. The number of aliphatic carboxylic acids is 1. The van der Waals surface area contributed by atoms with Gasteiger partial charge in [-0.15, -0.1) is 0 Å². The standard InChI is InChI=1S/C38H64O4/c1-3-5-7-9-11-13-15-16-17-18-19-20-21-22-23-24-25-27-29-31-33-35-37(39)42-36(38(40)41)34-32-30-28-26-14-12-10-8-6-4-2/h5,7,11,13,16-17,19-20,22-23,36H,3-4,6,8-10,12,14-15,18,21,24-35H2,1-2H3,(H,40,41)/b7-5-,13-11-,17-16-,20-19-,23-22-. The minimum Gasteiger partial charge on any atom is -0.479 e. The van der Waals surface area contributed by atoms with Crippen molar-refractivity contribution in [3.63, 3.8) is 0 Å². The van der Waals surface area contributed by atoms with Crippen molar-refractivity contribution in [3.05, 3.63) is 60.8 Å². The molecule has 0 aromatic heterocycles. The summed E-state index contributed by atoms with van der Waals surface area (Å²) in [4.78, 5) is 23.6. The number of carboxylic acids is 1. The molecule has 42 heavy (non-hydrogen) atoms. The minimum absolute atomic E-state index is 0.316. The number of allylic oxidation sites excluding steroid dienone is 10. The fourth-order valence-corrected chi connectivity index (χ4v) is 4.70. The third kappa shape index (κ3) is 30.6. The van der Waals surface area contributed by atoms with E-state index < -0.39 is 12.1 Å². The number of unbranched alkanes of at least 4 members (excludes halogenated alkanes) is 14. The summed E-state index contributed by atoms with van der Waals surface area (Å²) in [7, 11) is 0. The Kier molecular flexibility index (Phi) is 31.3. The maximum atomic E-state index is 12.1. The summed E-state index contributed by atoms with van der Waals surface area (Å²) >= 11 is 0. The molecule has 0 aromatic carbocycles. The van der Waals surface area contributed by atoms with Crippen molar-refractivity contribution in [1.29, 1.82) is 0 Å². The van der Waals surface area contributed by atoms with Crippen LogP contribution in [0.15, 0.2) is 60.8 Å². The zero-order chi connectivity index (χ0) is 30.8. The molecule has 240 valence electrons. The second-order valence-corrected chi connectivity index (χ2v) is 11.3. The van der Waals surface area contributed by atoms with Crippen LogP contribution in [-0.2, 0) is 14.3 Å². The van der Waals surface area contributed by atoms with Gasteiger partial charge in [-0.25, -0.2) is 4.79 Å². The Bertz CT molecular complexity index is 759. The van der Waals surface area contributed by atoms with Crippen molar-refractivity contribution in [3.8, 4) is 0 Å². The highest BCUT2D eigenvalue weighted by molar-refractivity contribution is 5.77. The monoisotopic (exact) mass is 584 g/mol. The van der Waals surface area contributed by atoms with Gasteiger partial charge in [0.05, 0.1) is 0 Å². The topological polar surface area (TPSA) is 63.6 Å². The number of ether oxygens (including phenoxy) is 1. The van der Waals surface area contributed by atoms with Crippen LogP contribution in [0.25, 0.3) is 0 Å². The van der Waals surface area contributed by atoms with Gasteiger partial charge in [0.15, 0.2) is 6.10 Å². The van der Waals surface area contributed by atoms with Gasteiger partial charge in [0.25, 0.3) is 0 Å². The van der Waals surface area contributed by atoms with Crippen LogP contribution in [0.4, 0.5) is 0 Å². The lowest BCUT2D eigenvalue weighted by molar-refractivity contribution is -0.164. The molecule has 1 unspecified atom stereocenters. The van der Waals surface area contributed by atoms with Crippen LogP contribution in [0.3, 0.4) is 0 Å². The molecule has 4 heteroatoms. The van der Waals surface area contributed by atoms with Gasteiger partial charge in [-0.05, 0) is 64.2 Å². The first-order valence-electron chi connectivity index (χ1n) is 17.3. The Morgan fingerprint density at radius 1 is 0.548 bits per heavy atom. The summed E-state index contributed by atoms with van der Waals surface area (Å²) < 4.78 is 5.28. The lowest BCUT2D eigenvalue weighted by Crippen LogP contribution is -2.27. The van der Waals surface area contributed by atoms with E-state index in [1.165, 1.54) is 44.9 Å². The van der Waals surface area contributed by atoms with Crippen molar-refractivity contribution in [2.45, 2.75) is 168 Å². The molecule has 1 atom stereocenters. The van der Waals surface area contributed by atoms with Crippen molar-refractivity contribution in [2.75, 3.05) is 0 Å². The van der Waals surface area contributed by atoms with Gasteiger partial charge in [-0.2, -0.15) is 0 Å².